The van der Waals surface area contributed by atoms with Crippen molar-refractivity contribution < 1.29 is 14.3 Å². The average Bonchev–Trinajstić information content (AvgIpc) is 2.81. The molecule has 21 heavy (non-hydrogen) atoms. The smallest absolute Gasteiger partial charge is 0.272 e. The fourth-order valence-electron chi connectivity index (χ4n) is 3.04. The minimum atomic E-state index is -1.24. The number of fused-ring (bicyclic) bond motifs is 6. The Morgan fingerprint density at radius 1 is 0.905 bits per heavy atom. The summed E-state index contributed by atoms with van der Waals surface area (Å²) in [5.41, 5.74) is 0.619. The van der Waals surface area contributed by atoms with Gasteiger partial charge in [-0.05, 0) is 16.2 Å². The van der Waals surface area contributed by atoms with E-state index >= 15 is 0 Å². The van der Waals surface area contributed by atoms with Crippen molar-refractivity contribution in [3.8, 4) is 5.75 Å². The Kier molecular flexibility index (Phi) is 2.39. The van der Waals surface area contributed by atoms with Crippen LogP contribution >= 0.6 is 0 Å². The zero-order valence-electron chi connectivity index (χ0n) is 11.8. The van der Waals surface area contributed by atoms with Crippen LogP contribution in [-0.4, -0.2) is 18.7 Å². The Morgan fingerprint density at radius 3 is 2.05 bits per heavy atom. The molecule has 104 valence electrons. The van der Waals surface area contributed by atoms with Gasteiger partial charge in [0.25, 0.3) is 5.79 Å². The number of hydrogen-bond donors (Lipinski definition) is 0. The standard InChI is InChI=1S/C18H14O3/c1-18(20-2)17(19)15-13-9-5-3-7-11(13)12-8-4-6-10-14(12)16(15)21-18/h3-10H,1-2H3. The van der Waals surface area contributed by atoms with Gasteiger partial charge >= 0.3 is 0 Å². The van der Waals surface area contributed by atoms with E-state index in [0.29, 0.717) is 11.3 Å². The van der Waals surface area contributed by atoms with Crippen LogP contribution in [0.1, 0.15) is 17.3 Å². The molecule has 1 atom stereocenters. The van der Waals surface area contributed by atoms with E-state index in [4.69, 9.17) is 9.47 Å². The first kappa shape index (κ1) is 12.4. The second-order valence-electron chi connectivity index (χ2n) is 5.38. The summed E-state index contributed by atoms with van der Waals surface area (Å²) in [6.45, 7) is 1.67. The van der Waals surface area contributed by atoms with Crippen LogP contribution in [0, 0.1) is 0 Å². The summed E-state index contributed by atoms with van der Waals surface area (Å²) in [6.07, 6.45) is 0. The molecule has 3 heteroatoms. The topological polar surface area (TPSA) is 35.5 Å². The highest BCUT2D eigenvalue weighted by atomic mass is 16.7. The number of hydrogen-bond acceptors (Lipinski definition) is 3. The highest BCUT2D eigenvalue weighted by molar-refractivity contribution is 6.24. The number of ether oxygens (including phenoxy) is 2. The summed E-state index contributed by atoms with van der Waals surface area (Å²) in [5, 5.41) is 4.00. The van der Waals surface area contributed by atoms with Gasteiger partial charge in [0, 0.05) is 19.4 Å². The van der Waals surface area contributed by atoms with Crippen LogP contribution < -0.4 is 4.74 Å². The predicted octanol–water partition coefficient (Wildman–Crippen LogP) is 3.93. The number of rotatable bonds is 1. The first-order valence-electron chi connectivity index (χ1n) is 6.88. The number of benzene rings is 3. The summed E-state index contributed by atoms with van der Waals surface area (Å²) in [6, 6.07) is 15.9. The molecule has 3 aromatic carbocycles. The SMILES string of the molecule is COC1(C)Oc2c(c3ccccc3c3ccccc23)C1=O. The quantitative estimate of drug-likeness (QED) is 0.633. The van der Waals surface area contributed by atoms with Gasteiger partial charge < -0.3 is 9.47 Å². The number of carbonyl (C=O) groups is 1. The minimum Gasteiger partial charge on any atom is -0.453 e. The molecule has 0 N–H and O–H groups in total. The van der Waals surface area contributed by atoms with Gasteiger partial charge in [-0.3, -0.25) is 4.79 Å². The largest absolute Gasteiger partial charge is 0.453 e. The van der Waals surface area contributed by atoms with Gasteiger partial charge in [0.15, 0.2) is 0 Å². The molecule has 0 radical (unpaired) electrons. The lowest BCUT2D eigenvalue weighted by Crippen LogP contribution is -2.38. The fourth-order valence-corrected chi connectivity index (χ4v) is 3.04. The number of ketones is 1. The Bertz CT molecular complexity index is 897. The van der Waals surface area contributed by atoms with Gasteiger partial charge in [0.1, 0.15) is 5.75 Å². The van der Waals surface area contributed by atoms with Crippen LogP contribution in [0.5, 0.6) is 5.75 Å². The summed E-state index contributed by atoms with van der Waals surface area (Å²) < 4.78 is 11.2. The maximum atomic E-state index is 12.8. The monoisotopic (exact) mass is 278 g/mol. The number of Topliss-reactive ketones (excluding diaryl/α,β-unsaturated/α-hetero) is 1. The molecule has 0 aliphatic carbocycles. The van der Waals surface area contributed by atoms with Gasteiger partial charge in [-0.15, -0.1) is 0 Å². The zero-order valence-corrected chi connectivity index (χ0v) is 11.8. The van der Waals surface area contributed by atoms with E-state index in [1.165, 1.54) is 7.11 Å². The molecule has 0 amide bonds. The Morgan fingerprint density at radius 2 is 1.43 bits per heavy atom. The summed E-state index contributed by atoms with van der Waals surface area (Å²) >= 11 is 0. The second kappa shape index (κ2) is 4.06. The molecular formula is C18H14O3. The molecule has 0 aromatic heterocycles. The molecule has 0 fully saturated rings. The zero-order chi connectivity index (χ0) is 14.6. The minimum absolute atomic E-state index is 0.123. The second-order valence-corrected chi connectivity index (χ2v) is 5.38. The molecule has 0 bridgehead atoms. The van der Waals surface area contributed by atoms with E-state index in [1.54, 1.807) is 6.92 Å². The molecule has 0 spiro atoms. The lowest BCUT2D eigenvalue weighted by atomic mass is 9.94. The van der Waals surface area contributed by atoms with Crippen molar-refractivity contribution in [2.45, 2.75) is 12.7 Å². The van der Waals surface area contributed by atoms with Crippen LogP contribution in [0.15, 0.2) is 48.5 Å². The van der Waals surface area contributed by atoms with Crippen LogP contribution in [0.4, 0.5) is 0 Å². The molecule has 1 aliphatic heterocycles. The van der Waals surface area contributed by atoms with Gasteiger partial charge in [0.05, 0.1) is 5.56 Å². The Balaban J connectivity index is 2.23. The van der Waals surface area contributed by atoms with E-state index in [-0.39, 0.29) is 5.78 Å². The Hall–Kier alpha value is -2.39. The first-order valence-corrected chi connectivity index (χ1v) is 6.88. The van der Waals surface area contributed by atoms with E-state index in [2.05, 4.69) is 0 Å². The van der Waals surface area contributed by atoms with Crippen LogP contribution in [0.25, 0.3) is 21.5 Å². The van der Waals surface area contributed by atoms with Crippen molar-refractivity contribution in [3.05, 3.63) is 54.1 Å². The number of methoxy groups -OCH3 is 1. The lowest BCUT2D eigenvalue weighted by molar-refractivity contribution is -0.103. The van der Waals surface area contributed by atoms with E-state index in [0.717, 1.165) is 21.5 Å². The highest BCUT2D eigenvalue weighted by Gasteiger charge is 2.46. The van der Waals surface area contributed by atoms with Crippen molar-refractivity contribution in [1.29, 1.82) is 0 Å². The van der Waals surface area contributed by atoms with E-state index in [1.807, 2.05) is 48.5 Å². The predicted molar refractivity (Wildman–Crippen MR) is 81.8 cm³/mol. The summed E-state index contributed by atoms with van der Waals surface area (Å²) in [4.78, 5) is 12.8. The van der Waals surface area contributed by atoms with Crippen LogP contribution in [0.3, 0.4) is 0 Å². The molecule has 1 heterocycles. The third kappa shape index (κ3) is 1.49. The normalized spacial score (nSPS) is 20.8. The van der Waals surface area contributed by atoms with Crippen LogP contribution in [0.2, 0.25) is 0 Å². The highest BCUT2D eigenvalue weighted by Crippen LogP contribution is 2.45. The third-order valence-corrected chi connectivity index (χ3v) is 4.21. The van der Waals surface area contributed by atoms with Crippen molar-refractivity contribution in [3.63, 3.8) is 0 Å². The molecule has 3 aromatic rings. The average molecular weight is 278 g/mol. The third-order valence-electron chi connectivity index (χ3n) is 4.21. The first-order chi connectivity index (χ1) is 10.2. The molecule has 3 nitrogen and oxygen atoms in total. The summed E-state index contributed by atoms with van der Waals surface area (Å²) in [7, 11) is 1.49. The Labute approximate surface area is 122 Å². The molecule has 0 saturated carbocycles. The maximum absolute atomic E-state index is 12.8. The number of carbonyl (C=O) groups excluding carboxylic acids is 1. The van der Waals surface area contributed by atoms with Gasteiger partial charge in [0.2, 0.25) is 5.78 Å². The molecule has 1 unspecified atom stereocenters. The molecule has 4 rings (SSSR count). The van der Waals surface area contributed by atoms with Crippen molar-refractivity contribution in [2.75, 3.05) is 7.11 Å². The van der Waals surface area contributed by atoms with Gasteiger partial charge in [-0.2, -0.15) is 0 Å². The fraction of sp³-hybridized carbons (Fsp3) is 0.167. The maximum Gasteiger partial charge on any atom is 0.272 e. The van der Waals surface area contributed by atoms with Crippen molar-refractivity contribution in [2.24, 2.45) is 0 Å². The van der Waals surface area contributed by atoms with Crippen LogP contribution in [-0.2, 0) is 4.74 Å². The lowest BCUT2D eigenvalue weighted by Gasteiger charge is -2.19. The molecular weight excluding hydrogens is 264 g/mol. The van der Waals surface area contributed by atoms with E-state index < -0.39 is 5.79 Å². The van der Waals surface area contributed by atoms with E-state index in [9.17, 15) is 4.79 Å². The van der Waals surface area contributed by atoms with Gasteiger partial charge in [-0.1, -0.05) is 48.5 Å². The molecule has 0 saturated heterocycles. The summed E-state index contributed by atoms with van der Waals surface area (Å²) in [5.74, 6) is -0.740. The van der Waals surface area contributed by atoms with Crippen molar-refractivity contribution >= 4 is 27.3 Å². The van der Waals surface area contributed by atoms with Crippen molar-refractivity contribution in [1.82, 2.24) is 0 Å². The van der Waals surface area contributed by atoms with Gasteiger partial charge in [-0.25, -0.2) is 0 Å². The molecule has 1 aliphatic rings.